The van der Waals surface area contributed by atoms with Crippen LogP contribution in [0.3, 0.4) is 0 Å². The van der Waals surface area contributed by atoms with Crippen LogP contribution >= 0.6 is 0 Å². The van der Waals surface area contributed by atoms with E-state index in [1.807, 2.05) is 20.8 Å². The van der Waals surface area contributed by atoms with Crippen molar-refractivity contribution in [1.29, 1.82) is 0 Å². The van der Waals surface area contributed by atoms with Crippen LogP contribution in [0.2, 0.25) is 0 Å². The van der Waals surface area contributed by atoms with E-state index in [1.165, 1.54) is 19.4 Å². The zero-order chi connectivity index (χ0) is 13.1. The van der Waals surface area contributed by atoms with Crippen molar-refractivity contribution in [1.82, 2.24) is 10.2 Å². The van der Waals surface area contributed by atoms with Gasteiger partial charge in [0.25, 0.3) is 0 Å². The molecule has 1 aliphatic heterocycles. The van der Waals surface area contributed by atoms with E-state index in [1.54, 1.807) is 0 Å². The summed E-state index contributed by atoms with van der Waals surface area (Å²) in [7, 11) is 0. The summed E-state index contributed by atoms with van der Waals surface area (Å²) < 4.78 is 0. The van der Waals surface area contributed by atoms with Gasteiger partial charge in [0.1, 0.15) is 0 Å². The molecule has 0 aromatic rings. The molecule has 17 heavy (non-hydrogen) atoms. The summed E-state index contributed by atoms with van der Waals surface area (Å²) in [5, 5.41) is 3.19. The molecule has 100 valence electrons. The van der Waals surface area contributed by atoms with Gasteiger partial charge >= 0.3 is 0 Å². The molecule has 0 spiro atoms. The van der Waals surface area contributed by atoms with Crippen molar-refractivity contribution in [3.05, 3.63) is 0 Å². The molecule has 2 atom stereocenters. The standard InChI is InChI=1S/C14H28N2O/c1-6-11(2)16-9-7-8-12(10-16)15-13(17)14(3,4)5/h11-12H,6-10H2,1-5H3,(H,15,17). The smallest absolute Gasteiger partial charge is 0.225 e. The molecule has 1 saturated heterocycles. The Kier molecular flexibility index (Phi) is 4.99. The van der Waals surface area contributed by atoms with E-state index in [9.17, 15) is 4.79 Å². The fraction of sp³-hybridized carbons (Fsp3) is 0.929. The van der Waals surface area contributed by atoms with Gasteiger partial charge in [0.15, 0.2) is 0 Å². The van der Waals surface area contributed by atoms with Gasteiger partial charge in [-0.1, -0.05) is 27.7 Å². The van der Waals surface area contributed by atoms with Crippen molar-refractivity contribution >= 4 is 5.91 Å². The third-order valence-corrected chi connectivity index (χ3v) is 3.68. The number of likely N-dealkylation sites (tertiary alicyclic amines) is 1. The van der Waals surface area contributed by atoms with Crippen LogP contribution in [0.1, 0.15) is 53.9 Å². The zero-order valence-electron chi connectivity index (χ0n) is 12.0. The van der Waals surface area contributed by atoms with Gasteiger partial charge in [-0.25, -0.2) is 0 Å². The summed E-state index contributed by atoms with van der Waals surface area (Å²) in [5.74, 6) is 0.175. The average molecular weight is 240 g/mol. The van der Waals surface area contributed by atoms with E-state index in [-0.39, 0.29) is 11.3 Å². The normalized spacial score (nSPS) is 24.4. The van der Waals surface area contributed by atoms with Gasteiger partial charge in [0.05, 0.1) is 0 Å². The van der Waals surface area contributed by atoms with Crippen molar-refractivity contribution in [2.24, 2.45) is 5.41 Å². The number of nitrogens with one attached hydrogen (secondary N) is 1. The van der Waals surface area contributed by atoms with Crippen LogP contribution in [0.25, 0.3) is 0 Å². The minimum atomic E-state index is -0.279. The predicted molar refractivity (Wildman–Crippen MR) is 71.9 cm³/mol. The molecule has 0 aromatic heterocycles. The van der Waals surface area contributed by atoms with E-state index in [0.717, 1.165) is 13.0 Å². The highest BCUT2D eigenvalue weighted by Crippen LogP contribution is 2.17. The molecule has 1 aliphatic rings. The first-order valence-corrected chi connectivity index (χ1v) is 6.89. The fourth-order valence-electron chi connectivity index (χ4n) is 2.18. The molecule has 0 bridgehead atoms. The first-order chi connectivity index (χ1) is 7.84. The van der Waals surface area contributed by atoms with Crippen molar-refractivity contribution in [3.8, 4) is 0 Å². The van der Waals surface area contributed by atoms with Gasteiger partial charge in [-0.15, -0.1) is 0 Å². The maximum atomic E-state index is 11.9. The molecular formula is C14H28N2O. The summed E-state index contributed by atoms with van der Waals surface area (Å²) in [6.07, 6.45) is 3.49. The van der Waals surface area contributed by atoms with E-state index in [0.29, 0.717) is 12.1 Å². The molecule has 3 nitrogen and oxygen atoms in total. The van der Waals surface area contributed by atoms with Gasteiger partial charge in [-0.3, -0.25) is 9.69 Å². The largest absolute Gasteiger partial charge is 0.352 e. The number of piperidine rings is 1. The van der Waals surface area contributed by atoms with Crippen molar-refractivity contribution in [2.45, 2.75) is 66.0 Å². The molecule has 2 unspecified atom stereocenters. The molecule has 1 amide bonds. The monoisotopic (exact) mass is 240 g/mol. The summed E-state index contributed by atoms with van der Waals surface area (Å²) in [5.41, 5.74) is -0.279. The van der Waals surface area contributed by atoms with Gasteiger partial charge in [-0.2, -0.15) is 0 Å². The lowest BCUT2D eigenvalue weighted by molar-refractivity contribution is -0.129. The van der Waals surface area contributed by atoms with Gasteiger partial charge in [-0.05, 0) is 32.7 Å². The molecule has 1 fully saturated rings. The number of hydrogen-bond donors (Lipinski definition) is 1. The Hall–Kier alpha value is -0.570. The SMILES string of the molecule is CCC(C)N1CCCC(NC(=O)C(C)(C)C)C1. The second-order valence-corrected chi connectivity index (χ2v) is 6.31. The first-order valence-electron chi connectivity index (χ1n) is 6.89. The second-order valence-electron chi connectivity index (χ2n) is 6.31. The average Bonchev–Trinajstić information content (AvgIpc) is 2.27. The Morgan fingerprint density at radius 1 is 1.47 bits per heavy atom. The van der Waals surface area contributed by atoms with Crippen molar-refractivity contribution in [2.75, 3.05) is 13.1 Å². The third-order valence-electron chi connectivity index (χ3n) is 3.68. The fourth-order valence-corrected chi connectivity index (χ4v) is 2.18. The Morgan fingerprint density at radius 3 is 2.65 bits per heavy atom. The molecule has 0 aliphatic carbocycles. The molecular weight excluding hydrogens is 212 g/mol. The topological polar surface area (TPSA) is 32.3 Å². The Balaban J connectivity index is 2.48. The number of rotatable bonds is 3. The van der Waals surface area contributed by atoms with Crippen LogP contribution in [0.4, 0.5) is 0 Å². The van der Waals surface area contributed by atoms with Gasteiger partial charge in [0.2, 0.25) is 5.91 Å². The maximum absolute atomic E-state index is 11.9. The Morgan fingerprint density at radius 2 is 2.12 bits per heavy atom. The molecule has 1 rings (SSSR count). The molecule has 1 N–H and O–H groups in total. The lowest BCUT2D eigenvalue weighted by Crippen LogP contribution is -2.52. The van der Waals surface area contributed by atoms with Crippen molar-refractivity contribution < 1.29 is 4.79 Å². The predicted octanol–water partition coefficient (Wildman–Crippen LogP) is 2.41. The highest BCUT2D eigenvalue weighted by Gasteiger charge is 2.27. The first kappa shape index (κ1) is 14.5. The summed E-state index contributed by atoms with van der Waals surface area (Å²) >= 11 is 0. The quantitative estimate of drug-likeness (QED) is 0.821. The van der Waals surface area contributed by atoms with Crippen LogP contribution in [-0.4, -0.2) is 36.0 Å². The number of carbonyl (C=O) groups is 1. The lowest BCUT2D eigenvalue weighted by Gasteiger charge is -2.37. The van der Waals surface area contributed by atoms with Crippen LogP contribution in [-0.2, 0) is 4.79 Å². The lowest BCUT2D eigenvalue weighted by atomic mass is 9.94. The van der Waals surface area contributed by atoms with Crippen LogP contribution in [0, 0.1) is 5.41 Å². The maximum Gasteiger partial charge on any atom is 0.225 e. The number of nitrogens with zero attached hydrogens (tertiary/aromatic N) is 1. The molecule has 3 heteroatoms. The highest BCUT2D eigenvalue weighted by atomic mass is 16.2. The van der Waals surface area contributed by atoms with E-state index >= 15 is 0 Å². The van der Waals surface area contributed by atoms with Gasteiger partial charge < -0.3 is 5.32 Å². The summed E-state index contributed by atoms with van der Waals surface area (Å²) in [6.45, 7) is 12.6. The minimum absolute atomic E-state index is 0.175. The minimum Gasteiger partial charge on any atom is -0.352 e. The summed E-state index contributed by atoms with van der Waals surface area (Å²) in [6, 6.07) is 0.966. The molecule has 0 saturated carbocycles. The third kappa shape index (κ3) is 4.30. The Bertz CT molecular complexity index is 257. The van der Waals surface area contributed by atoms with Crippen LogP contribution < -0.4 is 5.32 Å². The highest BCUT2D eigenvalue weighted by molar-refractivity contribution is 5.81. The zero-order valence-corrected chi connectivity index (χ0v) is 12.0. The van der Waals surface area contributed by atoms with Gasteiger partial charge in [0, 0.05) is 24.0 Å². The number of carbonyl (C=O) groups excluding carboxylic acids is 1. The molecule has 0 aromatic carbocycles. The number of amides is 1. The molecule has 0 radical (unpaired) electrons. The van der Waals surface area contributed by atoms with E-state index in [2.05, 4.69) is 24.1 Å². The van der Waals surface area contributed by atoms with Crippen LogP contribution in [0.5, 0.6) is 0 Å². The molecule has 1 heterocycles. The number of hydrogen-bond acceptors (Lipinski definition) is 2. The Labute approximate surface area is 106 Å². The second kappa shape index (κ2) is 5.85. The van der Waals surface area contributed by atoms with Crippen molar-refractivity contribution in [3.63, 3.8) is 0 Å². The van der Waals surface area contributed by atoms with E-state index < -0.39 is 0 Å². The summed E-state index contributed by atoms with van der Waals surface area (Å²) in [4.78, 5) is 14.4. The van der Waals surface area contributed by atoms with Crippen LogP contribution in [0.15, 0.2) is 0 Å². The van der Waals surface area contributed by atoms with E-state index in [4.69, 9.17) is 0 Å².